The summed E-state index contributed by atoms with van der Waals surface area (Å²) in [6.45, 7) is 41.0. The molecule has 1 aliphatic carbocycles. The molecule has 1 atom stereocenters. The average molecular weight is 978 g/mol. The second-order valence-electron chi connectivity index (χ2n) is 17.7. The van der Waals surface area contributed by atoms with Crippen molar-refractivity contribution in [2.45, 2.75) is 196 Å². The van der Waals surface area contributed by atoms with Crippen molar-refractivity contribution in [3.8, 4) is 0 Å². The third-order valence-electron chi connectivity index (χ3n) is 12.4. The normalized spacial score (nSPS) is 14.2. The van der Waals surface area contributed by atoms with E-state index in [4.69, 9.17) is 28.0 Å². The van der Waals surface area contributed by atoms with E-state index in [0.717, 1.165) is 31.0 Å². The Morgan fingerprint density at radius 3 is 1.91 bits per heavy atom. The van der Waals surface area contributed by atoms with Gasteiger partial charge in [-0.2, -0.15) is 0 Å². The fraction of sp³-hybridized carbons (Fsp3) is 0.590. The number of nitrogens with one attached hydrogen (secondary N) is 3. The number of benzene rings is 2. The molecule has 1 heterocycles. The number of likely N-dealkylation sites (tertiary alicyclic amines) is 1. The highest BCUT2D eigenvalue weighted by Gasteiger charge is 2.24. The number of unbranched alkanes of at least 4 members (excludes halogenated alkanes) is 7. The maximum atomic E-state index is 8.00. The lowest BCUT2D eigenvalue weighted by Gasteiger charge is -2.34. The molecule has 2 aliphatic rings. The van der Waals surface area contributed by atoms with Crippen LogP contribution in [-0.4, -0.2) is 51.5 Å². The van der Waals surface area contributed by atoms with Crippen molar-refractivity contribution in [3.05, 3.63) is 135 Å². The Kier molecular flexibility index (Phi) is 42.8. The molecule has 1 saturated carbocycles. The number of hydrogen-bond acceptors (Lipinski definition) is 5. The predicted octanol–water partition coefficient (Wildman–Crippen LogP) is 17.3. The van der Waals surface area contributed by atoms with Crippen molar-refractivity contribution in [2.24, 2.45) is 5.92 Å². The van der Waals surface area contributed by atoms with Gasteiger partial charge in [-0.05, 0) is 149 Å². The van der Waals surface area contributed by atoms with Gasteiger partial charge in [-0.1, -0.05) is 196 Å². The van der Waals surface area contributed by atoms with Gasteiger partial charge in [-0.3, -0.25) is 0 Å². The lowest BCUT2D eigenvalue weighted by Crippen LogP contribution is -2.36. The molecule has 0 amide bonds. The summed E-state index contributed by atoms with van der Waals surface area (Å²) in [6, 6.07) is 12.1. The largest absolute Gasteiger partial charge is 0.391 e. The Hall–Kier alpha value is -3.35. The highest BCUT2D eigenvalue weighted by molar-refractivity contribution is 6.36. The van der Waals surface area contributed by atoms with E-state index in [-0.39, 0.29) is 6.04 Å². The zero-order chi connectivity index (χ0) is 51.7. The molecule has 3 N–H and O–H groups in total. The minimum Gasteiger partial charge on any atom is -0.391 e. The van der Waals surface area contributed by atoms with E-state index in [1.165, 1.54) is 145 Å². The van der Waals surface area contributed by atoms with Gasteiger partial charge in [0.25, 0.3) is 0 Å². The molecule has 5 nitrogen and oxygen atoms in total. The van der Waals surface area contributed by atoms with Gasteiger partial charge < -0.3 is 25.6 Å². The van der Waals surface area contributed by atoms with Gasteiger partial charge in [0.1, 0.15) is 6.79 Å². The van der Waals surface area contributed by atoms with E-state index >= 15 is 0 Å². The van der Waals surface area contributed by atoms with E-state index in [9.17, 15) is 0 Å². The Morgan fingerprint density at radius 2 is 1.40 bits per heavy atom. The summed E-state index contributed by atoms with van der Waals surface area (Å²) in [5, 5.41) is 11.1. The minimum absolute atomic E-state index is 0.254. The van der Waals surface area contributed by atoms with Gasteiger partial charge in [-0.15, -0.1) is 6.58 Å². The SMILES string of the molecule is C=C/C(Cl)=C(NC)\C(Cl)=C/C.C=CCCC(NCc1c(C)cc(C)cc1C1CCN(CCCCCCCCCCc2ccc(C=C)cc2CCC2CC2)CC1)C(=C)NC.C=O.CC.CC.CCC. The van der Waals surface area contributed by atoms with Crippen LogP contribution in [0.5, 0.6) is 0 Å². The number of halogens is 2. The van der Waals surface area contributed by atoms with Gasteiger partial charge in [0, 0.05) is 32.4 Å². The fourth-order valence-electron chi connectivity index (χ4n) is 8.51. The van der Waals surface area contributed by atoms with Crippen LogP contribution in [0.2, 0.25) is 0 Å². The molecule has 386 valence electrons. The van der Waals surface area contributed by atoms with Crippen LogP contribution in [0.4, 0.5) is 0 Å². The van der Waals surface area contributed by atoms with Crippen LogP contribution in [0, 0.1) is 19.8 Å². The van der Waals surface area contributed by atoms with E-state index in [0.29, 0.717) is 21.7 Å². The molecule has 7 heteroatoms. The summed E-state index contributed by atoms with van der Waals surface area (Å²) in [4.78, 5) is 10.7. The first-order chi connectivity index (χ1) is 33.0. The molecule has 0 aromatic heterocycles. The number of allylic oxidation sites excluding steroid dienone is 5. The highest BCUT2D eigenvalue weighted by atomic mass is 35.5. The number of carbonyl (C=O) groups is 1. The van der Waals surface area contributed by atoms with E-state index in [1.807, 2.05) is 60.6 Å². The van der Waals surface area contributed by atoms with Crippen LogP contribution in [-0.2, 0) is 24.2 Å². The molecule has 2 fully saturated rings. The van der Waals surface area contributed by atoms with E-state index in [2.05, 4.69) is 105 Å². The molecule has 2 aromatic rings. The monoisotopic (exact) mass is 977 g/mol. The highest BCUT2D eigenvalue weighted by Crippen LogP contribution is 2.35. The van der Waals surface area contributed by atoms with Gasteiger partial charge in [0.2, 0.25) is 0 Å². The Bertz CT molecular complexity index is 1700. The fourth-order valence-corrected chi connectivity index (χ4v) is 8.95. The van der Waals surface area contributed by atoms with Crippen molar-refractivity contribution in [1.29, 1.82) is 0 Å². The summed E-state index contributed by atoms with van der Waals surface area (Å²) in [6.07, 6.45) is 31.0. The molecular weight excluding hydrogens is 876 g/mol. The second kappa shape index (κ2) is 43.7. The first-order valence-electron chi connectivity index (χ1n) is 26.6. The molecule has 1 aliphatic heterocycles. The van der Waals surface area contributed by atoms with Crippen LogP contribution in [0.1, 0.15) is 196 Å². The quantitative estimate of drug-likeness (QED) is 0.0473. The van der Waals surface area contributed by atoms with Crippen LogP contribution >= 0.6 is 23.2 Å². The average Bonchev–Trinajstić information content (AvgIpc) is 4.21. The number of hydrogen-bond donors (Lipinski definition) is 3. The molecule has 4 rings (SSSR count). The van der Waals surface area contributed by atoms with Crippen LogP contribution in [0.15, 0.2) is 96.3 Å². The zero-order valence-corrected chi connectivity index (χ0v) is 47.1. The first-order valence-corrected chi connectivity index (χ1v) is 27.3. The number of carbonyl (C=O) groups excluding carboxylic acids is 1. The Morgan fingerprint density at radius 1 is 0.809 bits per heavy atom. The molecule has 0 bridgehead atoms. The number of nitrogens with zero attached hydrogens (tertiary/aromatic N) is 1. The number of piperidine rings is 1. The molecule has 0 radical (unpaired) electrons. The van der Waals surface area contributed by atoms with Crippen LogP contribution in [0.25, 0.3) is 6.08 Å². The second-order valence-corrected chi connectivity index (χ2v) is 18.5. The maximum absolute atomic E-state index is 8.00. The number of rotatable bonds is 27. The van der Waals surface area contributed by atoms with Crippen molar-refractivity contribution in [2.75, 3.05) is 33.7 Å². The third kappa shape index (κ3) is 28.3. The molecule has 2 aromatic carbocycles. The standard InChI is InChI=1S/C45H69N3.C8H11Cl2N.C3H8.2C2H6.CH2O/c1-7-9-19-45(37(5)46-6)47-34-44-36(4)31-35(3)32-43(44)41-26-29-48(30-27-41)28-17-15-13-11-10-12-14-16-18-40-24-22-38(8-2)33-42(40)25-23-39-20-21-39;1-4-6(9)8(11-3)7(10)5-2;1-3-2;3*1-2/h7-8,22,24,31-33,39,41,45-47H,1-2,5,9-21,23,25-30,34H2,3-4,6H3;4-5,11H,1H2,2-3H3;3H2,1-2H3;2*1-2H3;1H2/b;7-5+,8-6-;;;;. The molecule has 1 unspecified atom stereocenters. The molecular formula is C61H102Cl2N4O. The summed E-state index contributed by atoms with van der Waals surface area (Å²) < 4.78 is 0. The zero-order valence-electron chi connectivity index (χ0n) is 45.6. The van der Waals surface area contributed by atoms with Crippen LogP contribution < -0.4 is 16.0 Å². The lowest BCUT2D eigenvalue weighted by molar-refractivity contribution is -0.0980. The molecule has 68 heavy (non-hydrogen) atoms. The minimum atomic E-state index is 0.254. The van der Waals surface area contributed by atoms with Crippen molar-refractivity contribution in [3.63, 3.8) is 0 Å². The summed E-state index contributed by atoms with van der Waals surface area (Å²) in [5.41, 5.74) is 12.1. The summed E-state index contributed by atoms with van der Waals surface area (Å²) in [7, 11) is 3.73. The maximum Gasteiger partial charge on any atom is 0.106 e. The van der Waals surface area contributed by atoms with E-state index in [1.54, 1.807) is 35.9 Å². The smallest absolute Gasteiger partial charge is 0.106 e. The van der Waals surface area contributed by atoms with Crippen molar-refractivity contribution in [1.82, 2.24) is 20.9 Å². The molecule has 0 spiro atoms. The number of aryl methyl sites for hydroxylation is 4. The lowest BCUT2D eigenvalue weighted by atomic mass is 9.83. The summed E-state index contributed by atoms with van der Waals surface area (Å²) in [5.74, 6) is 1.67. The predicted molar refractivity (Wildman–Crippen MR) is 308 cm³/mol. The van der Waals surface area contributed by atoms with Crippen LogP contribution in [0.3, 0.4) is 0 Å². The first kappa shape index (κ1) is 66.7. The van der Waals surface area contributed by atoms with Gasteiger partial charge in [-0.25, -0.2) is 0 Å². The van der Waals surface area contributed by atoms with E-state index < -0.39 is 0 Å². The van der Waals surface area contributed by atoms with Gasteiger partial charge in [0.15, 0.2) is 0 Å². The Balaban J connectivity index is 0. The van der Waals surface area contributed by atoms with Crippen molar-refractivity contribution < 1.29 is 4.79 Å². The Labute approximate surface area is 430 Å². The topological polar surface area (TPSA) is 56.4 Å². The van der Waals surface area contributed by atoms with Gasteiger partial charge >= 0.3 is 0 Å². The third-order valence-corrected chi connectivity index (χ3v) is 13.2. The van der Waals surface area contributed by atoms with Gasteiger partial charge in [0.05, 0.1) is 15.8 Å². The molecule has 1 saturated heterocycles. The van der Waals surface area contributed by atoms with Crippen molar-refractivity contribution >= 4 is 36.1 Å². The number of likely N-dealkylation sites (N-methyl/N-ethyl adjacent to an activating group) is 2. The summed E-state index contributed by atoms with van der Waals surface area (Å²) >= 11 is 11.6.